The Balaban J connectivity index is 1.65. The van der Waals surface area contributed by atoms with Crippen LogP contribution in [-0.2, 0) is 4.74 Å². The molecule has 2 aromatic rings. The Hall–Kier alpha value is -2.88. The molecule has 1 aliphatic heterocycles. The highest BCUT2D eigenvalue weighted by Gasteiger charge is 2.28. The minimum absolute atomic E-state index is 0.0582. The molecule has 6 nitrogen and oxygen atoms in total. The van der Waals surface area contributed by atoms with Gasteiger partial charge in [0.05, 0.1) is 13.2 Å². The molecule has 6 heteroatoms. The van der Waals surface area contributed by atoms with E-state index in [0.29, 0.717) is 49.4 Å². The zero-order chi connectivity index (χ0) is 26.0. The van der Waals surface area contributed by atoms with Crippen molar-refractivity contribution in [2.75, 3.05) is 39.6 Å². The summed E-state index contributed by atoms with van der Waals surface area (Å²) >= 11 is 0. The van der Waals surface area contributed by atoms with Gasteiger partial charge in [0, 0.05) is 6.42 Å². The maximum absolute atomic E-state index is 11.4. The lowest BCUT2D eigenvalue weighted by atomic mass is 10.1. The molecule has 0 aliphatic carbocycles. The van der Waals surface area contributed by atoms with Crippen LogP contribution in [0.25, 0.3) is 0 Å². The van der Waals surface area contributed by atoms with E-state index < -0.39 is 5.60 Å². The van der Waals surface area contributed by atoms with E-state index in [2.05, 4.69) is 18.8 Å². The molecule has 1 heterocycles. The molecule has 0 fully saturated rings. The van der Waals surface area contributed by atoms with Gasteiger partial charge in [-0.3, -0.25) is 0 Å². The molecule has 0 amide bonds. The number of ether oxygens (including phenoxy) is 5. The smallest absolute Gasteiger partial charge is 0.193 e. The molecule has 1 aliphatic rings. The monoisotopic (exact) mass is 510 g/mol. The van der Waals surface area contributed by atoms with Crippen molar-refractivity contribution in [1.82, 2.24) is 0 Å². The highest BCUT2D eigenvalue weighted by Crippen LogP contribution is 2.29. The second kappa shape index (κ2) is 16.8. The van der Waals surface area contributed by atoms with Gasteiger partial charge >= 0.3 is 0 Å². The highest BCUT2D eigenvalue weighted by molar-refractivity contribution is 5.41. The van der Waals surface area contributed by atoms with E-state index in [0.717, 1.165) is 19.3 Å². The Morgan fingerprint density at radius 1 is 0.649 bits per heavy atom. The van der Waals surface area contributed by atoms with Gasteiger partial charge in [0.1, 0.15) is 26.4 Å². The number of benzene rings is 2. The molecule has 0 bridgehead atoms. The standard InChI is InChI=1S/C31H42O6/c1-2-3-4-5-6-7-8-9-10-15-20-31(32)25-36-29-18-13-11-16-27(29)34-23-21-33-22-24-35-28-17-12-14-19-30(28)37-26-31/h11-14,16-19,32H,2-10,21-26H2,1H3. The molecule has 37 heavy (non-hydrogen) atoms. The van der Waals surface area contributed by atoms with Crippen molar-refractivity contribution in [1.29, 1.82) is 0 Å². The maximum atomic E-state index is 11.4. The summed E-state index contributed by atoms with van der Waals surface area (Å²) in [5, 5.41) is 11.4. The third kappa shape index (κ3) is 11.0. The molecule has 0 aromatic heterocycles. The van der Waals surface area contributed by atoms with E-state index in [9.17, 15) is 5.11 Å². The van der Waals surface area contributed by atoms with Gasteiger partial charge in [-0.15, -0.1) is 0 Å². The molecule has 202 valence electrons. The Bertz CT molecular complexity index is 908. The average molecular weight is 511 g/mol. The summed E-state index contributed by atoms with van der Waals surface area (Å²) in [4.78, 5) is 0. The zero-order valence-electron chi connectivity index (χ0n) is 22.2. The van der Waals surface area contributed by atoms with Crippen LogP contribution >= 0.6 is 0 Å². The predicted molar refractivity (Wildman–Crippen MR) is 146 cm³/mol. The number of hydrogen-bond donors (Lipinski definition) is 1. The van der Waals surface area contributed by atoms with Crippen molar-refractivity contribution in [3.63, 3.8) is 0 Å². The first kappa shape index (κ1) is 28.7. The van der Waals surface area contributed by atoms with Crippen LogP contribution in [0.15, 0.2) is 48.5 Å². The van der Waals surface area contributed by atoms with Crippen molar-refractivity contribution in [2.24, 2.45) is 0 Å². The second-order valence-electron chi connectivity index (χ2n) is 9.34. The van der Waals surface area contributed by atoms with Gasteiger partial charge in [0.2, 0.25) is 0 Å². The molecular formula is C31H42O6. The van der Waals surface area contributed by atoms with Crippen LogP contribution in [0.3, 0.4) is 0 Å². The number of rotatable bonds is 8. The quantitative estimate of drug-likeness (QED) is 0.337. The third-order valence-electron chi connectivity index (χ3n) is 6.08. The first-order valence-electron chi connectivity index (χ1n) is 13.7. The van der Waals surface area contributed by atoms with Crippen LogP contribution in [-0.4, -0.2) is 50.3 Å². The third-order valence-corrected chi connectivity index (χ3v) is 6.08. The molecule has 0 unspecified atom stereocenters. The summed E-state index contributed by atoms with van der Waals surface area (Å²) in [6, 6.07) is 14.8. The normalized spacial score (nSPS) is 15.8. The van der Waals surface area contributed by atoms with E-state index in [4.69, 9.17) is 23.7 Å². The SMILES string of the molecule is CCCCCCCCCCC#CC1(O)COc2ccccc2OCCOCCOc2ccccc2OC1. The fraction of sp³-hybridized carbons (Fsp3) is 0.548. The first-order valence-corrected chi connectivity index (χ1v) is 13.7. The molecule has 3 rings (SSSR count). The van der Waals surface area contributed by atoms with Gasteiger partial charge < -0.3 is 28.8 Å². The van der Waals surface area contributed by atoms with Crippen LogP contribution in [0.2, 0.25) is 0 Å². The fourth-order valence-electron chi connectivity index (χ4n) is 3.98. The Morgan fingerprint density at radius 2 is 1.11 bits per heavy atom. The van der Waals surface area contributed by atoms with Crippen molar-refractivity contribution in [3.8, 4) is 34.8 Å². The van der Waals surface area contributed by atoms with Gasteiger partial charge in [0.15, 0.2) is 28.6 Å². The minimum atomic E-state index is -1.50. The van der Waals surface area contributed by atoms with Crippen molar-refractivity contribution in [3.05, 3.63) is 48.5 Å². The van der Waals surface area contributed by atoms with Gasteiger partial charge in [-0.05, 0) is 30.7 Å². The topological polar surface area (TPSA) is 66.4 Å². The number of fused-ring (bicyclic) bond motifs is 2. The summed E-state index contributed by atoms with van der Waals surface area (Å²) < 4.78 is 29.3. The Morgan fingerprint density at radius 3 is 1.62 bits per heavy atom. The van der Waals surface area contributed by atoms with Crippen LogP contribution in [0.4, 0.5) is 0 Å². The van der Waals surface area contributed by atoms with Gasteiger partial charge in [-0.25, -0.2) is 0 Å². The summed E-state index contributed by atoms with van der Waals surface area (Å²) in [5.74, 6) is 8.47. The van der Waals surface area contributed by atoms with E-state index in [1.165, 1.54) is 38.5 Å². The summed E-state index contributed by atoms with van der Waals surface area (Å²) in [5.41, 5.74) is -1.50. The Labute approximate surface area is 222 Å². The van der Waals surface area contributed by atoms with E-state index >= 15 is 0 Å². The number of aliphatic hydroxyl groups is 1. The molecule has 0 saturated heterocycles. The largest absolute Gasteiger partial charge is 0.487 e. The molecule has 2 aromatic carbocycles. The van der Waals surface area contributed by atoms with E-state index in [1.54, 1.807) is 0 Å². The fourth-order valence-corrected chi connectivity index (χ4v) is 3.98. The molecule has 0 spiro atoms. The lowest BCUT2D eigenvalue weighted by molar-refractivity contribution is 0.00393. The zero-order valence-corrected chi connectivity index (χ0v) is 22.2. The summed E-state index contributed by atoms with van der Waals surface area (Å²) in [7, 11) is 0. The second-order valence-corrected chi connectivity index (χ2v) is 9.34. The van der Waals surface area contributed by atoms with Crippen molar-refractivity contribution < 1.29 is 28.8 Å². The van der Waals surface area contributed by atoms with E-state index in [1.807, 2.05) is 48.5 Å². The van der Waals surface area contributed by atoms with Gasteiger partial charge in [-0.1, -0.05) is 88.0 Å². The first-order chi connectivity index (χ1) is 18.2. The van der Waals surface area contributed by atoms with Crippen molar-refractivity contribution in [2.45, 2.75) is 70.3 Å². The van der Waals surface area contributed by atoms with Crippen LogP contribution < -0.4 is 18.9 Å². The van der Waals surface area contributed by atoms with Crippen molar-refractivity contribution >= 4 is 0 Å². The molecule has 0 saturated carbocycles. The number of unbranched alkanes of at least 4 members (excludes halogenated alkanes) is 8. The van der Waals surface area contributed by atoms with Gasteiger partial charge in [-0.2, -0.15) is 0 Å². The van der Waals surface area contributed by atoms with Crippen LogP contribution in [0.1, 0.15) is 64.7 Å². The summed E-state index contributed by atoms with van der Waals surface area (Å²) in [6.07, 6.45) is 10.7. The number of para-hydroxylation sites is 4. The van der Waals surface area contributed by atoms with E-state index in [-0.39, 0.29) is 13.2 Å². The molecule has 0 radical (unpaired) electrons. The lowest BCUT2D eigenvalue weighted by Crippen LogP contribution is -2.41. The summed E-state index contributed by atoms with van der Waals surface area (Å²) in [6.45, 7) is 3.72. The lowest BCUT2D eigenvalue weighted by Gasteiger charge is -2.24. The predicted octanol–water partition coefficient (Wildman–Crippen LogP) is 6.20. The molecule has 0 atom stereocenters. The average Bonchev–Trinajstić information content (AvgIpc) is 2.92. The maximum Gasteiger partial charge on any atom is 0.193 e. The minimum Gasteiger partial charge on any atom is -0.487 e. The Kier molecular flexibility index (Phi) is 13.0. The molecular weight excluding hydrogens is 468 g/mol. The molecule has 1 N–H and O–H groups in total. The number of hydrogen-bond acceptors (Lipinski definition) is 6. The van der Waals surface area contributed by atoms with Crippen LogP contribution in [0.5, 0.6) is 23.0 Å². The highest BCUT2D eigenvalue weighted by atomic mass is 16.6. The van der Waals surface area contributed by atoms with Gasteiger partial charge in [0.25, 0.3) is 0 Å². The van der Waals surface area contributed by atoms with Crippen LogP contribution in [0, 0.1) is 11.8 Å².